The maximum Gasteiger partial charge on any atom is 0.408 e. The molecular weight excluding hydrogens is 274 g/mol. The van der Waals surface area contributed by atoms with E-state index >= 15 is 0 Å². The van der Waals surface area contributed by atoms with E-state index in [-0.39, 0.29) is 12.0 Å². The second-order valence-corrected chi connectivity index (χ2v) is 7.78. The van der Waals surface area contributed by atoms with Crippen LogP contribution in [0.1, 0.15) is 47.5 Å². The van der Waals surface area contributed by atoms with Crippen LogP contribution in [-0.2, 0) is 14.3 Å². The SMILES string of the molecule is CC(C)(C)OC(=O)NC1(C2(C(=O)O)CC2(C)C)CCOC1. The third kappa shape index (κ3) is 2.50. The molecule has 2 fully saturated rings. The summed E-state index contributed by atoms with van der Waals surface area (Å²) >= 11 is 0. The van der Waals surface area contributed by atoms with Crippen molar-refractivity contribution in [2.24, 2.45) is 10.8 Å². The predicted molar refractivity (Wildman–Crippen MR) is 76.0 cm³/mol. The van der Waals surface area contributed by atoms with Crippen molar-refractivity contribution in [1.82, 2.24) is 5.32 Å². The monoisotopic (exact) mass is 299 g/mol. The molecule has 6 nitrogen and oxygen atoms in total. The van der Waals surface area contributed by atoms with E-state index in [0.717, 1.165) is 0 Å². The summed E-state index contributed by atoms with van der Waals surface area (Å²) in [5, 5.41) is 12.6. The number of hydrogen-bond donors (Lipinski definition) is 2. The van der Waals surface area contributed by atoms with Crippen LogP contribution in [0, 0.1) is 10.8 Å². The molecule has 0 aromatic carbocycles. The Morgan fingerprint density at radius 3 is 2.19 bits per heavy atom. The fraction of sp³-hybridized carbons (Fsp3) is 0.867. The number of carbonyl (C=O) groups is 2. The molecule has 2 atom stereocenters. The Hall–Kier alpha value is -1.30. The van der Waals surface area contributed by atoms with Crippen LogP contribution >= 0.6 is 0 Å². The predicted octanol–water partition coefficient (Wildman–Crippen LogP) is 2.17. The van der Waals surface area contributed by atoms with E-state index in [9.17, 15) is 14.7 Å². The molecule has 1 heterocycles. The first kappa shape index (κ1) is 16.1. The third-order valence-electron chi connectivity index (χ3n) is 4.68. The molecule has 0 aromatic heterocycles. The number of alkyl carbamates (subject to hydrolysis) is 1. The van der Waals surface area contributed by atoms with Gasteiger partial charge in [0.25, 0.3) is 0 Å². The van der Waals surface area contributed by atoms with Gasteiger partial charge in [-0.1, -0.05) is 13.8 Å². The summed E-state index contributed by atoms with van der Waals surface area (Å²) < 4.78 is 10.7. The zero-order chi connectivity index (χ0) is 16.1. The lowest BCUT2D eigenvalue weighted by atomic mass is 9.75. The zero-order valence-electron chi connectivity index (χ0n) is 13.4. The summed E-state index contributed by atoms with van der Waals surface area (Å²) in [4.78, 5) is 24.1. The summed E-state index contributed by atoms with van der Waals surface area (Å²) in [7, 11) is 0. The molecule has 1 aliphatic heterocycles. The minimum absolute atomic E-state index is 0.210. The van der Waals surface area contributed by atoms with Crippen LogP contribution in [0.25, 0.3) is 0 Å². The van der Waals surface area contributed by atoms with Crippen molar-refractivity contribution < 1.29 is 24.2 Å². The number of aliphatic carboxylic acids is 1. The van der Waals surface area contributed by atoms with Crippen LogP contribution in [0.5, 0.6) is 0 Å². The Bertz CT molecular complexity index is 459. The lowest BCUT2D eigenvalue weighted by Gasteiger charge is -2.37. The molecule has 1 saturated heterocycles. The maximum atomic E-state index is 12.1. The Balaban J connectivity index is 2.26. The minimum Gasteiger partial charge on any atom is -0.481 e. The number of carbonyl (C=O) groups excluding carboxylic acids is 1. The van der Waals surface area contributed by atoms with E-state index in [0.29, 0.717) is 19.4 Å². The highest BCUT2D eigenvalue weighted by Crippen LogP contribution is 2.70. The molecule has 0 radical (unpaired) electrons. The van der Waals surface area contributed by atoms with E-state index in [1.165, 1.54) is 0 Å². The van der Waals surface area contributed by atoms with Gasteiger partial charge in [0.2, 0.25) is 0 Å². The normalized spacial score (nSPS) is 34.3. The molecule has 2 aliphatic rings. The lowest BCUT2D eigenvalue weighted by Crippen LogP contribution is -2.60. The Kier molecular flexibility index (Phi) is 3.52. The standard InChI is InChI=1S/C15H25NO5/c1-12(2,3)21-11(19)16-14(6-7-20-9-14)15(10(17)18)8-13(15,4)5/h6-9H2,1-5H3,(H,16,19)(H,17,18). The van der Waals surface area contributed by atoms with Crippen molar-refractivity contribution in [3.05, 3.63) is 0 Å². The molecular formula is C15H25NO5. The van der Waals surface area contributed by atoms with Gasteiger partial charge in [-0.25, -0.2) is 4.79 Å². The zero-order valence-corrected chi connectivity index (χ0v) is 13.4. The van der Waals surface area contributed by atoms with Crippen LogP contribution in [0.2, 0.25) is 0 Å². The molecule has 6 heteroatoms. The smallest absolute Gasteiger partial charge is 0.408 e. The Morgan fingerprint density at radius 1 is 1.29 bits per heavy atom. The average molecular weight is 299 g/mol. The lowest BCUT2D eigenvalue weighted by molar-refractivity contribution is -0.149. The quantitative estimate of drug-likeness (QED) is 0.834. The molecule has 2 unspecified atom stereocenters. The van der Waals surface area contributed by atoms with Gasteiger partial charge in [0.1, 0.15) is 5.60 Å². The van der Waals surface area contributed by atoms with Crippen molar-refractivity contribution >= 4 is 12.1 Å². The molecule has 1 saturated carbocycles. The number of nitrogens with one attached hydrogen (secondary N) is 1. The van der Waals surface area contributed by atoms with Crippen molar-refractivity contribution in [2.75, 3.05) is 13.2 Å². The second kappa shape index (κ2) is 4.60. The van der Waals surface area contributed by atoms with E-state index in [1.54, 1.807) is 20.8 Å². The van der Waals surface area contributed by atoms with E-state index in [4.69, 9.17) is 9.47 Å². The van der Waals surface area contributed by atoms with E-state index in [1.807, 2.05) is 13.8 Å². The highest BCUT2D eigenvalue weighted by molar-refractivity contribution is 5.84. The van der Waals surface area contributed by atoms with Gasteiger partial charge in [0, 0.05) is 6.61 Å². The van der Waals surface area contributed by atoms with Gasteiger partial charge in [-0.05, 0) is 39.0 Å². The van der Waals surface area contributed by atoms with Crippen molar-refractivity contribution in [1.29, 1.82) is 0 Å². The van der Waals surface area contributed by atoms with Gasteiger partial charge in [-0.3, -0.25) is 4.79 Å². The molecule has 1 aliphatic carbocycles. The Labute approximate surface area is 125 Å². The number of carboxylic acid groups (broad SMARTS) is 1. The molecule has 2 rings (SSSR count). The van der Waals surface area contributed by atoms with E-state index < -0.39 is 28.6 Å². The van der Waals surface area contributed by atoms with Crippen molar-refractivity contribution in [3.63, 3.8) is 0 Å². The fourth-order valence-electron chi connectivity index (χ4n) is 3.61. The summed E-state index contributed by atoms with van der Waals surface area (Å²) in [5.41, 5.74) is -2.89. The molecule has 0 aromatic rings. The topological polar surface area (TPSA) is 84.9 Å². The largest absolute Gasteiger partial charge is 0.481 e. The molecule has 2 N–H and O–H groups in total. The molecule has 21 heavy (non-hydrogen) atoms. The second-order valence-electron chi connectivity index (χ2n) is 7.78. The summed E-state index contributed by atoms with van der Waals surface area (Å²) in [6, 6.07) is 0. The summed E-state index contributed by atoms with van der Waals surface area (Å²) in [6.07, 6.45) is 0.424. The van der Waals surface area contributed by atoms with E-state index in [2.05, 4.69) is 5.32 Å². The van der Waals surface area contributed by atoms with Gasteiger partial charge in [0.15, 0.2) is 0 Å². The highest BCUT2D eigenvalue weighted by Gasteiger charge is 2.77. The van der Waals surface area contributed by atoms with Crippen LogP contribution in [0.4, 0.5) is 4.79 Å². The first-order valence-electron chi connectivity index (χ1n) is 7.28. The summed E-state index contributed by atoms with van der Waals surface area (Å²) in [6.45, 7) is 9.81. The average Bonchev–Trinajstić information content (AvgIpc) is 2.66. The van der Waals surface area contributed by atoms with Crippen LogP contribution in [-0.4, -0.2) is 41.5 Å². The van der Waals surface area contributed by atoms with Crippen LogP contribution < -0.4 is 5.32 Å². The number of carboxylic acids is 1. The number of ether oxygens (including phenoxy) is 2. The van der Waals surface area contributed by atoms with Gasteiger partial charge >= 0.3 is 12.1 Å². The number of rotatable bonds is 3. The molecule has 0 spiro atoms. The van der Waals surface area contributed by atoms with Gasteiger partial charge in [0.05, 0.1) is 17.6 Å². The van der Waals surface area contributed by atoms with Gasteiger partial charge < -0.3 is 19.9 Å². The summed E-state index contributed by atoms with van der Waals surface area (Å²) in [5.74, 6) is -0.881. The van der Waals surface area contributed by atoms with Gasteiger partial charge in [-0.15, -0.1) is 0 Å². The minimum atomic E-state index is -0.993. The maximum absolute atomic E-state index is 12.1. The molecule has 0 bridgehead atoms. The number of hydrogen-bond acceptors (Lipinski definition) is 4. The highest BCUT2D eigenvalue weighted by atomic mass is 16.6. The third-order valence-corrected chi connectivity index (χ3v) is 4.68. The molecule has 120 valence electrons. The first-order chi connectivity index (χ1) is 9.46. The molecule has 1 amide bonds. The first-order valence-corrected chi connectivity index (χ1v) is 7.28. The van der Waals surface area contributed by atoms with Crippen LogP contribution in [0.15, 0.2) is 0 Å². The number of amides is 1. The van der Waals surface area contributed by atoms with Gasteiger partial charge in [-0.2, -0.15) is 0 Å². The van der Waals surface area contributed by atoms with Crippen LogP contribution in [0.3, 0.4) is 0 Å². The Morgan fingerprint density at radius 2 is 1.86 bits per heavy atom. The fourth-order valence-corrected chi connectivity index (χ4v) is 3.61. The van der Waals surface area contributed by atoms with Crippen molar-refractivity contribution in [2.45, 2.75) is 58.6 Å². The van der Waals surface area contributed by atoms with Crippen molar-refractivity contribution in [3.8, 4) is 0 Å².